The van der Waals surface area contributed by atoms with Crippen LogP contribution < -0.4 is 15.8 Å². The molecular formula is C27H26N6O. The molecule has 4 N–H and O–H groups in total. The molecule has 3 aromatic heterocycles. The van der Waals surface area contributed by atoms with Crippen molar-refractivity contribution in [3.8, 4) is 17.0 Å². The van der Waals surface area contributed by atoms with Gasteiger partial charge in [0, 0.05) is 30.1 Å². The Morgan fingerprint density at radius 2 is 2.00 bits per heavy atom. The number of nitrogens with two attached hydrogens (primary N) is 1. The minimum atomic E-state index is 0.501. The van der Waals surface area contributed by atoms with Crippen molar-refractivity contribution in [1.29, 1.82) is 0 Å². The topological polar surface area (TPSA) is 102 Å². The van der Waals surface area contributed by atoms with Crippen molar-refractivity contribution in [3.63, 3.8) is 0 Å². The molecule has 0 saturated heterocycles. The number of nitrogens with one attached hydrogen (secondary N) is 2. The number of ether oxygens (including phenoxy) is 1. The normalized spacial score (nSPS) is 13.7. The van der Waals surface area contributed by atoms with E-state index >= 15 is 0 Å². The number of H-pyrrole nitrogens is 1. The molecule has 0 bridgehead atoms. The number of fused-ring (bicyclic) bond motifs is 1. The summed E-state index contributed by atoms with van der Waals surface area (Å²) in [4.78, 5) is 16.7. The van der Waals surface area contributed by atoms with Crippen molar-refractivity contribution in [2.45, 2.75) is 26.8 Å². The maximum absolute atomic E-state index is 6.06. The van der Waals surface area contributed by atoms with Crippen LogP contribution in [-0.4, -0.2) is 19.9 Å². The second-order valence-electron chi connectivity index (χ2n) is 8.26. The summed E-state index contributed by atoms with van der Waals surface area (Å²) in [6.45, 7) is 4.48. The molecule has 0 atom stereocenters. The molecule has 4 aromatic rings. The number of aromatic amines is 1. The molecular weight excluding hydrogens is 424 g/mol. The maximum atomic E-state index is 6.06. The van der Waals surface area contributed by atoms with Gasteiger partial charge in [-0.3, -0.25) is 4.98 Å². The van der Waals surface area contributed by atoms with E-state index in [4.69, 9.17) is 10.5 Å². The molecule has 7 nitrogen and oxygen atoms in total. The van der Waals surface area contributed by atoms with Gasteiger partial charge in [0.2, 0.25) is 0 Å². The van der Waals surface area contributed by atoms with E-state index in [2.05, 4.69) is 49.5 Å². The summed E-state index contributed by atoms with van der Waals surface area (Å²) in [5.74, 6) is 2.23. The molecule has 1 aliphatic rings. The van der Waals surface area contributed by atoms with E-state index in [9.17, 15) is 0 Å². The van der Waals surface area contributed by atoms with Crippen LogP contribution in [0.5, 0.6) is 5.75 Å². The summed E-state index contributed by atoms with van der Waals surface area (Å²) in [6, 6.07) is 14.1. The van der Waals surface area contributed by atoms with Gasteiger partial charge in [-0.2, -0.15) is 0 Å². The first-order chi connectivity index (χ1) is 16.6. The summed E-state index contributed by atoms with van der Waals surface area (Å²) < 4.78 is 6.06. The first-order valence-corrected chi connectivity index (χ1v) is 11.2. The standard InChI is InChI=1S/C27H26N6O/c1-17-11-21(7-4-8-25(17)34-22-10-9-18(2)29-15-22)32-27-26-24(30-16-31-27)13-23(33-26)20-6-3-5-19(12-20)14-28/h3-6,8-13,15-16,33H,7,14,28H2,1-2H3,(H,30,31,32). The lowest BCUT2D eigenvalue weighted by atomic mass is 10.1. The molecule has 0 amide bonds. The fourth-order valence-corrected chi connectivity index (χ4v) is 3.87. The molecule has 1 aromatic carbocycles. The van der Waals surface area contributed by atoms with Crippen molar-refractivity contribution in [2.24, 2.45) is 5.73 Å². The van der Waals surface area contributed by atoms with Crippen LogP contribution >= 0.6 is 0 Å². The van der Waals surface area contributed by atoms with Gasteiger partial charge in [0.1, 0.15) is 23.4 Å². The van der Waals surface area contributed by atoms with Crippen LogP contribution in [0.25, 0.3) is 22.3 Å². The second kappa shape index (κ2) is 9.33. The monoisotopic (exact) mass is 450 g/mol. The average molecular weight is 451 g/mol. The average Bonchev–Trinajstić information content (AvgIpc) is 3.22. The number of anilines is 1. The Labute approximate surface area is 198 Å². The zero-order valence-corrected chi connectivity index (χ0v) is 19.2. The van der Waals surface area contributed by atoms with Gasteiger partial charge in [-0.15, -0.1) is 0 Å². The highest BCUT2D eigenvalue weighted by Gasteiger charge is 2.13. The molecule has 0 spiro atoms. The van der Waals surface area contributed by atoms with Gasteiger partial charge >= 0.3 is 0 Å². The van der Waals surface area contributed by atoms with E-state index in [1.807, 2.05) is 50.3 Å². The van der Waals surface area contributed by atoms with Crippen LogP contribution in [0, 0.1) is 6.92 Å². The Hall–Kier alpha value is -4.23. The lowest BCUT2D eigenvalue weighted by molar-refractivity contribution is 0.437. The molecule has 3 heterocycles. The highest BCUT2D eigenvalue weighted by atomic mass is 16.5. The summed E-state index contributed by atoms with van der Waals surface area (Å²) in [5.41, 5.74) is 13.6. The number of hydrogen-bond acceptors (Lipinski definition) is 6. The van der Waals surface area contributed by atoms with Crippen LogP contribution in [0.1, 0.15) is 24.6 Å². The van der Waals surface area contributed by atoms with Crippen LogP contribution in [0.15, 0.2) is 90.2 Å². The van der Waals surface area contributed by atoms with Gasteiger partial charge < -0.3 is 20.8 Å². The first kappa shape index (κ1) is 21.6. The minimum Gasteiger partial charge on any atom is -0.455 e. The molecule has 1 aliphatic carbocycles. The number of benzene rings is 1. The molecule has 34 heavy (non-hydrogen) atoms. The van der Waals surface area contributed by atoms with E-state index in [1.165, 1.54) is 0 Å². The molecule has 7 heteroatoms. The van der Waals surface area contributed by atoms with E-state index < -0.39 is 0 Å². The van der Waals surface area contributed by atoms with Gasteiger partial charge in [-0.1, -0.05) is 24.3 Å². The zero-order chi connectivity index (χ0) is 23.5. The Kier molecular flexibility index (Phi) is 5.93. The Morgan fingerprint density at radius 1 is 1.09 bits per heavy atom. The van der Waals surface area contributed by atoms with Gasteiger partial charge in [0.15, 0.2) is 5.82 Å². The Bertz CT molecular complexity index is 1430. The lowest BCUT2D eigenvalue weighted by Crippen LogP contribution is -2.02. The second-order valence-corrected chi connectivity index (χ2v) is 8.26. The molecule has 0 radical (unpaired) electrons. The third-order valence-electron chi connectivity index (χ3n) is 5.67. The molecule has 170 valence electrons. The number of pyridine rings is 1. The van der Waals surface area contributed by atoms with Crippen molar-refractivity contribution in [3.05, 3.63) is 102 Å². The van der Waals surface area contributed by atoms with Crippen molar-refractivity contribution in [2.75, 3.05) is 5.32 Å². The van der Waals surface area contributed by atoms with Crippen molar-refractivity contribution >= 4 is 16.9 Å². The minimum absolute atomic E-state index is 0.501. The molecule has 0 unspecified atom stereocenters. The number of aryl methyl sites for hydroxylation is 1. The summed E-state index contributed by atoms with van der Waals surface area (Å²) in [7, 11) is 0. The third-order valence-corrected chi connectivity index (χ3v) is 5.67. The molecule has 0 saturated carbocycles. The van der Waals surface area contributed by atoms with E-state index in [1.54, 1.807) is 12.5 Å². The SMILES string of the molecule is CC1=C(Oc2ccc(C)nc2)C=CCC(Nc2ncnc3cc(-c4cccc(CN)c4)[nH]c23)=C1. The predicted molar refractivity (Wildman–Crippen MR) is 135 cm³/mol. The predicted octanol–water partition coefficient (Wildman–Crippen LogP) is 5.40. The quantitative estimate of drug-likeness (QED) is 0.364. The molecule has 0 fully saturated rings. The van der Waals surface area contributed by atoms with Crippen LogP contribution in [0.3, 0.4) is 0 Å². The highest BCUT2D eigenvalue weighted by Crippen LogP contribution is 2.29. The van der Waals surface area contributed by atoms with Gasteiger partial charge in [0.05, 0.1) is 11.7 Å². The highest BCUT2D eigenvalue weighted by molar-refractivity contribution is 5.90. The third kappa shape index (κ3) is 4.60. The van der Waals surface area contributed by atoms with Crippen LogP contribution in [-0.2, 0) is 6.54 Å². The van der Waals surface area contributed by atoms with Gasteiger partial charge in [-0.05, 0) is 67.0 Å². The zero-order valence-electron chi connectivity index (χ0n) is 19.2. The van der Waals surface area contributed by atoms with E-state index in [-0.39, 0.29) is 0 Å². The van der Waals surface area contributed by atoms with Gasteiger partial charge in [-0.25, -0.2) is 9.97 Å². The number of rotatable bonds is 6. The summed E-state index contributed by atoms with van der Waals surface area (Å²) >= 11 is 0. The molecule has 5 rings (SSSR count). The van der Waals surface area contributed by atoms with Gasteiger partial charge in [0.25, 0.3) is 0 Å². The van der Waals surface area contributed by atoms with Crippen molar-refractivity contribution in [1.82, 2.24) is 19.9 Å². The summed E-state index contributed by atoms with van der Waals surface area (Å²) in [6.07, 6.45) is 10.2. The lowest BCUT2D eigenvalue weighted by Gasteiger charge is -2.10. The summed E-state index contributed by atoms with van der Waals surface area (Å²) in [5, 5.41) is 3.48. The molecule has 0 aliphatic heterocycles. The first-order valence-electron chi connectivity index (χ1n) is 11.2. The van der Waals surface area contributed by atoms with Crippen molar-refractivity contribution < 1.29 is 4.74 Å². The number of aromatic nitrogens is 4. The van der Waals surface area contributed by atoms with Crippen LogP contribution in [0.2, 0.25) is 0 Å². The number of nitrogens with zero attached hydrogens (tertiary/aromatic N) is 3. The maximum Gasteiger partial charge on any atom is 0.158 e. The Morgan fingerprint density at radius 3 is 2.82 bits per heavy atom. The number of hydrogen-bond donors (Lipinski definition) is 3. The largest absolute Gasteiger partial charge is 0.455 e. The van der Waals surface area contributed by atoms with E-state index in [0.29, 0.717) is 18.7 Å². The smallest absolute Gasteiger partial charge is 0.158 e. The fourth-order valence-electron chi connectivity index (χ4n) is 3.87. The fraction of sp³-hybridized carbons (Fsp3) is 0.148. The van der Waals surface area contributed by atoms with Crippen LogP contribution in [0.4, 0.5) is 5.82 Å². The Balaban J connectivity index is 1.42. The van der Waals surface area contributed by atoms with E-state index in [0.717, 1.165) is 56.4 Å². The number of allylic oxidation sites excluding steroid dienone is 4.